The summed E-state index contributed by atoms with van der Waals surface area (Å²) in [6, 6.07) is 13.4. The van der Waals surface area contributed by atoms with Gasteiger partial charge in [-0.05, 0) is 47.7 Å². The Morgan fingerprint density at radius 2 is 1.57 bits per heavy atom. The number of imide groups is 1. The molecular formula is C25H27N3O6S. The monoisotopic (exact) mass is 497 g/mol. The zero-order chi connectivity index (χ0) is 24.9. The molecule has 0 radical (unpaired) electrons. The first-order valence-electron chi connectivity index (χ1n) is 11.1. The van der Waals surface area contributed by atoms with Crippen molar-refractivity contribution in [3.63, 3.8) is 0 Å². The second kappa shape index (κ2) is 10.7. The van der Waals surface area contributed by atoms with Crippen LogP contribution in [0, 0.1) is 0 Å². The molecule has 9 nitrogen and oxygen atoms in total. The molecule has 4 rings (SSSR count). The van der Waals surface area contributed by atoms with E-state index in [4.69, 9.17) is 14.2 Å². The Balaban J connectivity index is 1.42. The van der Waals surface area contributed by atoms with E-state index in [0.717, 1.165) is 22.3 Å². The Morgan fingerprint density at radius 3 is 2.14 bits per heavy atom. The standard InChI is InChI=1S/C25H27N3O6S/c1-32-19-13-17(14-20(33-2)23(19)34-3)15-21-24(30)28(25(31)35-21)16-22(29)27-11-9-26(10-12-27)18-7-5-4-6-8-18/h4-8,13-15H,9-12,16H2,1-3H3. The van der Waals surface area contributed by atoms with Crippen LogP contribution in [0.15, 0.2) is 47.4 Å². The summed E-state index contributed by atoms with van der Waals surface area (Å²) in [6.07, 6.45) is 1.58. The van der Waals surface area contributed by atoms with Gasteiger partial charge in [0.05, 0.1) is 26.2 Å². The lowest BCUT2D eigenvalue weighted by molar-refractivity contribution is -0.136. The molecule has 2 aliphatic rings. The fourth-order valence-electron chi connectivity index (χ4n) is 4.06. The zero-order valence-electron chi connectivity index (χ0n) is 19.9. The van der Waals surface area contributed by atoms with Gasteiger partial charge in [0.15, 0.2) is 11.5 Å². The van der Waals surface area contributed by atoms with Gasteiger partial charge >= 0.3 is 0 Å². The van der Waals surface area contributed by atoms with Crippen LogP contribution in [-0.2, 0) is 9.59 Å². The minimum absolute atomic E-state index is 0.228. The van der Waals surface area contributed by atoms with Gasteiger partial charge in [-0.3, -0.25) is 19.3 Å². The van der Waals surface area contributed by atoms with E-state index in [2.05, 4.69) is 4.90 Å². The number of hydrogen-bond acceptors (Lipinski definition) is 8. The lowest BCUT2D eigenvalue weighted by atomic mass is 10.1. The van der Waals surface area contributed by atoms with E-state index in [1.165, 1.54) is 21.3 Å². The highest BCUT2D eigenvalue weighted by Gasteiger charge is 2.37. The van der Waals surface area contributed by atoms with Crippen LogP contribution in [0.25, 0.3) is 6.08 Å². The Hall–Kier alpha value is -3.66. The Labute approximate surface area is 208 Å². The average molecular weight is 498 g/mol. The van der Waals surface area contributed by atoms with Crippen LogP contribution in [-0.4, -0.2) is 80.9 Å². The third-order valence-electron chi connectivity index (χ3n) is 5.91. The largest absolute Gasteiger partial charge is 0.493 e. The van der Waals surface area contributed by atoms with E-state index in [1.807, 2.05) is 30.3 Å². The van der Waals surface area contributed by atoms with Gasteiger partial charge in [-0.25, -0.2) is 0 Å². The molecule has 2 aromatic carbocycles. The minimum atomic E-state index is -0.495. The number of methoxy groups -OCH3 is 3. The van der Waals surface area contributed by atoms with Crippen molar-refractivity contribution >= 4 is 40.6 Å². The number of piperazine rings is 1. The number of anilines is 1. The van der Waals surface area contributed by atoms with E-state index >= 15 is 0 Å². The molecule has 0 bridgehead atoms. The Bertz CT molecular complexity index is 1120. The number of rotatable bonds is 7. The van der Waals surface area contributed by atoms with Gasteiger partial charge in [0.25, 0.3) is 11.1 Å². The Kier molecular flexibility index (Phi) is 7.50. The molecule has 0 spiro atoms. The molecule has 0 aliphatic carbocycles. The predicted molar refractivity (Wildman–Crippen MR) is 134 cm³/mol. The van der Waals surface area contributed by atoms with Crippen molar-refractivity contribution in [2.24, 2.45) is 0 Å². The second-order valence-electron chi connectivity index (χ2n) is 7.93. The van der Waals surface area contributed by atoms with Crippen molar-refractivity contribution in [1.82, 2.24) is 9.80 Å². The number of amides is 3. The van der Waals surface area contributed by atoms with E-state index in [-0.39, 0.29) is 17.4 Å². The number of benzene rings is 2. The molecule has 2 aliphatic heterocycles. The summed E-state index contributed by atoms with van der Waals surface area (Å²) >= 11 is 0.806. The summed E-state index contributed by atoms with van der Waals surface area (Å²) in [5.41, 5.74) is 1.72. The number of carbonyl (C=O) groups excluding carboxylic acids is 3. The average Bonchev–Trinajstić information content (AvgIpc) is 3.15. The molecular weight excluding hydrogens is 470 g/mol. The summed E-state index contributed by atoms with van der Waals surface area (Å²) in [4.78, 5) is 43.5. The molecule has 2 saturated heterocycles. The molecule has 0 saturated carbocycles. The molecule has 2 fully saturated rings. The van der Waals surface area contributed by atoms with Crippen LogP contribution in [0.5, 0.6) is 17.2 Å². The highest BCUT2D eigenvalue weighted by atomic mass is 32.2. The lowest BCUT2D eigenvalue weighted by Gasteiger charge is -2.36. The molecule has 3 amide bonds. The maximum atomic E-state index is 13.0. The van der Waals surface area contributed by atoms with Gasteiger partial charge in [0, 0.05) is 31.9 Å². The molecule has 2 aromatic rings. The summed E-state index contributed by atoms with van der Waals surface area (Å²) in [7, 11) is 4.50. The molecule has 184 valence electrons. The van der Waals surface area contributed by atoms with E-state index < -0.39 is 11.1 Å². The third-order valence-corrected chi connectivity index (χ3v) is 6.81. The predicted octanol–water partition coefficient (Wildman–Crippen LogP) is 3.10. The minimum Gasteiger partial charge on any atom is -0.493 e. The van der Waals surface area contributed by atoms with Gasteiger partial charge in [-0.15, -0.1) is 0 Å². The molecule has 0 aromatic heterocycles. The van der Waals surface area contributed by atoms with E-state index in [9.17, 15) is 14.4 Å². The van der Waals surface area contributed by atoms with Crippen molar-refractivity contribution < 1.29 is 28.6 Å². The fourth-order valence-corrected chi connectivity index (χ4v) is 4.90. The molecule has 2 heterocycles. The smallest absolute Gasteiger partial charge is 0.294 e. The van der Waals surface area contributed by atoms with Crippen molar-refractivity contribution in [1.29, 1.82) is 0 Å². The van der Waals surface area contributed by atoms with Crippen molar-refractivity contribution in [2.45, 2.75) is 0 Å². The van der Waals surface area contributed by atoms with Crippen molar-refractivity contribution in [3.05, 3.63) is 52.9 Å². The van der Waals surface area contributed by atoms with Crippen LogP contribution in [0.2, 0.25) is 0 Å². The van der Waals surface area contributed by atoms with E-state index in [0.29, 0.717) is 49.0 Å². The van der Waals surface area contributed by atoms with Crippen molar-refractivity contribution in [2.75, 3.05) is 59.0 Å². The number of hydrogen-bond donors (Lipinski definition) is 0. The highest BCUT2D eigenvalue weighted by Crippen LogP contribution is 2.40. The maximum absolute atomic E-state index is 13.0. The first-order valence-corrected chi connectivity index (χ1v) is 11.9. The summed E-state index contributed by atoms with van der Waals surface area (Å²) < 4.78 is 16.0. The summed E-state index contributed by atoms with van der Waals surface area (Å²) in [5.74, 6) is 0.557. The molecule has 0 N–H and O–H groups in total. The van der Waals surface area contributed by atoms with Crippen LogP contribution in [0.3, 0.4) is 0 Å². The number of para-hydroxylation sites is 1. The van der Waals surface area contributed by atoms with Gasteiger partial charge in [0.1, 0.15) is 6.54 Å². The molecule has 35 heavy (non-hydrogen) atoms. The van der Waals surface area contributed by atoms with Crippen LogP contribution >= 0.6 is 11.8 Å². The Morgan fingerprint density at radius 1 is 0.943 bits per heavy atom. The van der Waals surface area contributed by atoms with Crippen LogP contribution in [0.4, 0.5) is 10.5 Å². The molecule has 0 unspecified atom stereocenters. The number of thioether (sulfide) groups is 1. The number of carbonyl (C=O) groups is 3. The zero-order valence-corrected chi connectivity index (χ0v) is 20.7. The lowest BCUT2D eigenvalue weighted by Crippen LogP contribution is -2.51. The number of ether oxygens (including phenoxy) is 3. The molecule has 0 atom stereocenters. The van der Waals surface area contributed by atoms with Gasteiger partial charge in [0.2, 0.25) is 11.7 Å². The van der Waals surface area contributed by atoms with Gasteiger partial charge in [-0.1, -0.05) is 18.2 Å². The van der Waals surface area contributed by atoms with Crippen LogP contribution in [0.1, 0.15) is 5.56 Å². The van der Waals surface area contributed by atoms with Crippen LogP contribution < -0.4 is 19.1 Å². The topological polar surface area (TPSA) is 88.6 Å². The first kappa shape index (κ1) is 24.5. The third kappa shape index (κ3) is 5.22. The normalized spacial score (nSPS) is 17.2. The number of nitrogens with zero attached hydrogens (tertiary/aromatic N) is 3. The maximum Gasteiger partial charge on any atom is 0.294 e. The van der Waals surface area contributed by atoms with Gasteiger partial charge in [-0.2, -0.15) is 0 Å². The van der Waals surface area contributed by atoms with Crippen molar-refractivity contribution in [3.8, 4) is 17.2 Å². The quantitative estimate of drug-likeness (QED) is 0.540. The highest BCUT2D eigenvalue weighted by molar-refractivity contribution is 8.18. The van der Waals surface area contributed by atoms with Gasteiger partial charge < -0.3 is 24.0 Å². The van der Waals surface area contributed by atoms with E-state index in [1.54, 1.807) is 23.1 Å². The first-order chi connectivity index (χ1) is 16.9. The fraction of sp³-hybridized carbons (Fsp3) is 0.320. The molecule has 10 heteroatoms. The second-order valence-corrected chi connectivity index (χ2v) is 8.92. The SMILES string of the molecule is COc1cc(C=C2SC(=O)N(CC(=O)N3CCN(c4ccccc4)CC3)C2=O)cc(OC)c1OC. The summed E-state index contributed by atoms with van der Waals surface area (Å²) in [6.45, 7) is 2.18. The summed E-state index contributed by atoms with van der Waals surface area (Å²) in [5, 5.41) is -0.468.